The molecule has 0 fully saturated rings. The summed E-state index contributed by atoms with van der Waals surface area (Å²) in [5.74, 6) is 0.247. The van der Waals surface area contributed by atoms with E-state index in [1.165, 1.54) is 0 Å². The molecule has 1 aromatic rings. The monoisotopic (exact) mass is 207 g/mol. The molecule has 2 rings (SSSR count). The number of rotatable bonds is 2. The van der Waals surface area contributed by atoms with Gasteiger partial charge in [-0.3, -0.25) is 0 Å². The predicted octanol–water partition coefficient (Wildman–Crippen LogP) is 3.37. The third-order valence-corrected chi connectivity index (χ3v) is 3.20. The molecule has 0 radical (unpaired) electrons. The van der Waals surface area contributed by atoms with E-state index in [0.717, 1.165) is 30.5 Å². The van der Waals surface area contributed by atoms with Gasteiger partial charge in [-0.1, -0.05) is 32.4 Å². The number of nitrogens with one attached hydrogen (secondary N) is 1. The van der Waals surface area contributed by atoms with Crippen LogP contribution in [0.4, 0.5) is 4.39 Å². The lowest BCUT2D eigenvalue weighted by atomic mass is 9.86. The highest BCUT2D eigenvalue weighted by molar-refractivity contribution is 5.36. The van der Waals surface area contributed by atoms with E-state index in [4.69, 9.17) is 0 Å². The first-order valence-electron chi connectivity index (χ1n) is 5.75. The van der Waals surface area contributed by atoms with E-state index in [1.807, 2.05) is 6.07 Å². The van der Waals surface area contributed by atoms with E-state index in [0.29, 0.717) is 6.04 Å². The Hall–Kier alpha value is -0.890. The Bertz CT molecular complexity index is 348. The second kappa shape index (κ2) is 4.31. The van der Waals surface area contributed by atoms with Gasteiger partial charge in [-0.25, -0.2) is 4.39 Å². The summed E-state index contributed by atoms with van der Waals surface area (Å²) < 4.78 is 13.7. The highest BCUT2D eigenvalue weighted by Gasteiger charge is 2.25. The zero-order chi connectivity index (χ0) is 10.8. The largest absolute Gasteiger partial charge is 0.309 e. The van der Waals surface area contributed by atoms with Crippen LogP contribution in [-0.4, -0.2) is 6.54 Å². The Morgan fingerprint density at radius 1 is 1.47 bits per heavy atom. The summed E-state index contributed by atoms with van der Waals surface area (Å²) in [6.07, 6.45) is 2.21. The molecule has 0 saturated heterocycles. The van der Waals surface area contributed by atoms with Crippen molar-refractivity contribution >= 4 is 0 Å². The highest BCUT2D eigenvalue weighted by atomic mass is 19.1. The molecule has 0 amide bonds. The lowest BCUT2D eigenvalue weighted by Gasteiger charge is -2.31. The maximum atomic E-state index is 13.7. The zero-order valence-electron chi connectivity index (χ0n) is 9.39. The van der Waals surface area contributed by atoms with Gasteiger partial charge < -0.3 is 5.32 Å². The summed E-state index contributed by atoms with van der Waals surface area (Å²) in [5.41, 5.74) is 2.09. The predicted molar refractivity (Wildman–Crippen MR) is 60.5 cm³/mol. The van der Waals surface area contributed by atoms with E-state index in [2.05, 4.69) is 25.2 Å². The van der Waals surface area contributed by atoms with Gasteiger partial charge in [0.05, 0.1) is 0 Å². The maximum absolute atomic E-state index is 13.7. The Kier molecular flexibility index (Phi) is 3.06. The lowest BCUT2D eigenvalue weighted by molar-refractivity contribution is 0.427. The minimum Gasteiger partial charge on any atom is -0.309 e. The molecule has 1 N–H and O–H groups in total. The van der Waals surface area contributed by atoms with Crippen LogP contribution in [0.5, 0.6) is 0 Å². The summed E-state index contributed by atoms with van der Waals surface area (Å²) in [5, 5.41) is 3.49. The fraction of sp³-hybridized carbons (Fsp3) is 0.538. The van der Waals surface area contributed by atoms with Crippen molar-refractivity contribution in [1.82, 2.24) is 5.32 Å². The van der Waals surface area contributed by atoms with Gasteiger partial charge in [-0.2, -0.15) is 0 Å². The minimum absolute atomic E-state index is 0.0393. The van der Waals surface area contributed by atoms with E-state index >= 15 is 0 Å². The van der Waals surface area contributed by atoms with Crippen LogP contribution >= 0.6 is 0 Å². The zero-order valence-corrected chi connectivity index (χ0v) is 9.39. The van der Waals surface area contributed by atoms with Crippen molar-refractivity contribution in [3.63, 3.8) is 0 Å². The van der Waals surface area contributed by atoms with Gasteiger partial charge in [0.2, 0.25) is 0 Å². The van der Waals surface area contributed by atoms with Gasteiger partial charge >= 0.3 is 0 Å². The number of hydrogen-bond acceptors (Lipinski definition) is 1. The first kappa shape index (κ1) is 10.6. The van der Waals surface area contributed by atoms with Crippen LogP contribution in [0, 0.1) is 5.82 Å². The fourth-order valence-corrected chi connectivity index (χ4v) is 2.45. The smallest absolute Gasteiger partial charge is 0.127 e. The third kappa shape index (κ3) is 1.91. The van der Waals surface area contributed by atoms with E-state index in [1.54, 1.807) is 6.07 Å². The van der Waals surface area contributed by atoms with Crippen LogP contribution in [0.15, 0.2) is 18.2 Å². The first-order valence-corrected chi connectivity index (χ1v) is 5.75. The number of hydrogen-bond donors (Lipinski definition) is 1. The van der Waals surface area contributed by atoms with E-state index in [-0.39, 0.29) is 11.7 Å². The first-order chi connectivity index (χ1) is 7.24. The second-order valence-corrected chi connectivity index (χ2v) is 4.39. The molecule has 0 spiro atoms. The summed E-state index contributed by atoms with van der Waals surface area (Å²) in [4.78, 5) is 0. The third-order valence-electron chi connectivity index (χ3n) is 3.20. The topological polar surface area (TPSA) is 12.0 Å². The molecule has 1 aromatic carbocycles. The SMILES string of the molecule is CCCC1NCC(C)c2c(F)cccc21. The van der Waals surface area contributed by atoms with Crippen molar-refractivity contribution in [2.75, 3.05) is 6.54 Å². The summed E-state index contributed by atoms with van der Waals surface area (Å²) in [7, 11) is 0. The van der Waals surface area contributed by atoms with Gasteiger partial charge in [0.25, 0.3) is 0 Å². The molecule has 1 aliphatic heterocycles. The van der Waals surface area contributed by atoms with Crippen LogP contribution < -0.4 is 5.32 Å². The molecule has 2 heteroatoms. The Labute approximate surface area is 90.7 Å². The van der Waals surface area contributed by atoms with Crippen molar-refractivity contribution in [3.8, 4) is 0 Å². The normalized spacial score (nSPS) is 25.0. The van der Waals surface area contributed by atoms with Crippen LogP contribution in [0.1, 0.15) is 49.8 Å². The molecule has 0 saturated carbocycles. The average molecular weight is 207 g/mol. The molecule has 2 atom stereocenters. The van der Waals surface area contributed by atoms with Crippen LogP contribution in [0.3, 0.4) is 0 Å². The standard InChI is InChI=1S/C13H18FN/c1-3-5-12-10-6-4-7-11(14)13(10)9(2)8-15-12/h4,6-7,9,12,15H,3,5,8H2,1-2H3. The summed E-state index contributed by atoms with van der Waals surface area (Å²) in [6.45, 7) is 5.13. The molecule has 0 bridgehead atoms. The van der Waals surface area contributed by atoms with Gasteiger partial charge in [-0.05, 0) is 29.5 Å². The van der Waals surface area contributed by atoms with Crippen LogP contribution in [0.25, 0.3) is 0 Å². The molecule has 0 aliphatic carbocycles. The van der Waals surface area contributed by atoms with Crippen LogP contribution in [0.2, 0.25) is 0 Å². The summed E-state index contributed by atoms with van der Waals surface area (Å²) >= 11 is 0. The lowest BCUT2D eigenvalue weighted by Crippen LogP contribution is -2.32. The average Bonchev–Trinajstić information content (AvgIpc) is 2.22. The molecule has 15 heavy (non-hydrogen) atoms. The van der Waals surface area contributed by atoms with Gasteiger partial charge in [0.1, 0.15) is 5.82 Å². The van der Waals surface area contributed by atoms with Crippen molar-refractivity contribution in [2.24, 2.45) is 0 Å². The minimum atomic E-state index is -0.0393. The molecular formula is C13H18FN. The number of benzene rings is 1. The van der Waals surface area contributed by atoms with Crippen molar-refractivity contribution in [3.05, 3.63) is 35.1 Å². The number of fused-ring (bicyclic) bond motifs is 1. The van der Waals surface area contributed by atoms with Gasteiger partial charge in [-0.15, -0.1) is 0 Å². The van der Waals surface area contributed by atoms with Crippen molar-refractivity contribution in [1.29, 1.82) is 0 Å². The Morgan fingerprint density at radius 2 is 2.27 bits per heavy atom. The summed E-state index contributed by atoms with van der Waals surface area (Å²) in [6, 6.07) is 5.79. The van der Waals surface area contributed by atoms with Gasteiger partial charge in [0, 0.05) is 12.6 Å². The van der Waals surface area contributed by atoms with Crippen molar-refractivity contribution in [2.45, 2.75) is 38.6 Å². The molecule has 1 heterocycles. The number of halogens is 1. The molecule has 0 aromatic heterocycles. The van der Waals surface area contributed by atoms with Crippen molar-refractivity contribution < 1.29 is 4.39 Å². The molecule has 1 aliphatic rings. The Morgan fingerprint density at radius 3 is 3.00 bits per heavy atom. The van der Waals surface area contributed by atoms with Gasteiger partial charge in [0.15, 0.2) is 0 Å². The van der Waals surface area contributed by atoms with Crippen LogP contribution in [-0.2, 0) is 0 Å². The molecule has 82 valence electrons. The van der Waals surface area contributed by atoms with E-state index < -0.39 is 0 Å². The van der Waals surface area contributed by atoms with E-state index in [9.17, 15) is 4.39 Å². The highest BCUT2D eigenvalue weighted by Crippen LogP contribution is 2.33. The second-order valence-electron chi connectivity index (χ2n) is 4.39. The quantitative estimate of drug-likeness (QED) is 0.784. The Balaban J connectivity index is 2.41. The molecular weight excluding hydrogens is 189 g/mol. The molecule has 2 unspecified atom stereocenters. The fourth-order valence-electron chi connectivity index (χ4n) is 2.45. The molecule has 1 nitrogen and oxygen atoms in total. The maximum Gasteiger partial charge on any atom is 0.127 e.